The van der Waals surface area contributed by atoms with Crippen molar-refractivity contribution in [3.8, 4) is 0 Å². The van der Waals surface area contributed by atoms with Gasteiger partial charge in [0.25, 0.3) is 0 Å². The van der Waals surface area contributed by atoms with Crippen molar-refractivity contribution in [2.24, 2.45) is 0 Å². The number of nitrogens with one attached hydrogen (secondary N) is 1. The number of para-hydroxylation sites is 1. The third-order valence-corrected chi connectivity index (χ3v) is 6.42. The SMILES string of the molecule is CCCCCCCCC(=O)OCCOCCOCCOCCOCCOC(=O)c1ccccc1Nc1cccc(C(F)(F)F)c1. The van der Waals surface area contributed by atoms with Gasteiger partial charge in [-0.2, -0.15) is 13.2 Å². The van der Waals surface area contributed by atoms with E-state index in [2.05, 4.69) is 12.2 Å². The minimum absolute atomic E-state index is 0.00182. The van der Waals surface area contributed by atoms with Crippen LogP contribution in [-0.4, -0.2) is 78.0 Å². The van der Waals surface area contributed by atoms with E-state index < -0.39 is 17.7 Å². The fourth-order valence-corrected chi connectivity index (χ4v) is 4.07. The van der Waals surface area contributed by atoms with Gasteiger partial charge in [-0.05, 0) is 36.8 Å². The Labute approximate surface area is 263 Å². The number of halogens is 3. The van der Waals surface area contributed by atoms with Crippen LogP contribution in [0.3, 0.4) is 0 Å². The maximum Gasteiger partial charge on any atom is 0.416 e. The molecule has 2 aromatic carbocycles. The van der Waals surface area contributed by atoms with Crippen LogP contribution in [0.15, 0.2) is 48.5 Å². The molecule has 0 aromatic heterocycles. The maximum atomic E-state index is 13.0. The fourth-order valence-electron chi connectivity index (χ4n) is 4.07. The molecular formula is C33H46F3NO8. The van der Waals surface area contributed by atoms with Gasteiger partial charge in [0.05, 0.1) is 69.7 Å². The lowest BCUT2D eigenvalue weighted by atomic mass is 10.1. The van der Waals surface area contributed by atoms with Gasteiger partial charge in [-0.15, -0.1) is 0 Å². The van der Waals surface area contributed by atoms with Crippen LogP contribution in [0.2, 0.25) is 0 Å². The summed E-state index contributed by atoms with van der Waals surface area (Å²) >= 11 is 0. The summed E-state index contributed by atoms with van der Waals surface area (Å²) in [7, 11) is 0. The molecule has 0 atom stereocenters. The highest BCUT2D eigenvalue weighted by Crippen LogP contribution is 2.32. The van der Waals surface area contributed by atoms with Crippen LogP contribution < -0.4 is 5.32 Å². The van der Waals surface area contributed by atoms with Crippen LogP contribution in [-0.2, 0) is 39.4 Å². The van der Waals surface area contributed by atoms with Gasteiger partial charge >= 0.3 is 18.1 Å². The molecule has 0 unspecified atom stereocenters. The number of esters is 2. The van der Waals surface area contributed by atoms with Crippen molar-refractivity contribution in [2.45, 2.75) is 58.0 Å². The average Bonchev–Trinajstić information content (AvgIpc) is 3.02. The highest BCUT2D eigenvalue weighted by Gasteiger charge is 2.30. The smallest absolute Gasteiger partial charge is 0.416 e. The molecule has 0 amide bonds. The molecule has 45 heavy (non-hydrogen) atoms. The average molecular weight is 642 g/mol. The molecule has 0 spiro atoms. The molecule has 0 saturated carbocycles. The van der Waals surface area contributed by atoms with Crippen molar-refractivity contribution < 1.29 is 51.2 Å². The molecule has 0 bridgehead atoms. The van der Waals surface area contributed by atoms with E-state index in [1.54, 1.807) is 18.2 Å². The Bertz CT molecular complexity index is 1100. The second kappa shape index (κ2) is 23.2. The van der Waals surface area contributed by atoms with Crippen LogP contribution in [0.1, 0.15) is 67.8 Å². The number of carbonyl (C=O) groups excluding carboxylic acids is 2. The van der Waals surface area contributed by atoms with Crippen LogP contribution in [0, 0.1) is 0 Å². The van der Waals surface area contributed by atoms with Gasteiger partial charge in [0.15, 0.2) is 0 Å². The highest BCUT2D eigenvalue weighted by molar-refractivity contribution is 5.96. The van der Waals surface area contributed by atoms with Gasteiger partial charge in [0.2, 0.25) is 0 Å². The Hall–Kier alpha value is -3.19. The molecule has 0 fully saturated rings. The van der Waals surface area contributed by atoms with Crippen molar-refractivity contribution in [3.05, 3.63) is 59.7 Å². The van der Waals surface area contributed by atoms with Crippen LogP contribution >= 0.6 is 0 Å². The third kappa shape index (κ3) is 17.8. The summed E-state index contributed by atoms with van der Waals surface area (Å²) in [5, 5.41) is 2.85. The predicted molar refractivity (Wildman–Crippen MR) is 164 cm³/mol. The Balaban J connectivity index is 1.43. The predicted octanol–water partition coefficient (Wildman–Crippen LogP) is 6.97. The van der Waals surface area contributed by atoms with E-state index in [9.17, 15) is 22.8 Å². The monoisotopic (exact) mass is 641 g/mol. The second-order valence-electron chi connectivity index (χ2n) is 10.1. The summed E-state index contributed by atoms with van der Waals surface area (Å²) in [6.07, 6.45) is 2.76. The van der Waals surface area contributed by atoms with Crippen molar-refractivity contribution in [2.75, 3.05) is 71.4 Å². The standard InChI is InChI=1S/C33H46F3NO8/c1-2-3-4-5-6-7-15-31(38)44-24-22-42-20-18-40-16-17-41-19-21-43-23-25-45-32(39)29-13-8-9-14-30(29)37-28-12-10-11-27(26-28)33(34,35)36/h8-14,26,37H,2-7,15-25H2,1H3. The third-order valence-electron chi connectivity index (χ3n) is 6.42. The number of carbonyl (C=O) groups is 2. The Morgan fingerprint density at radius 1 is 0.667 bits per heavy atom. The van der Waals surface area contributed by atoms with E-state index in [1.807, 2.05) is 0 Å². The zero-order valence-electron chi connectivity index (χ0n) is 26.0. The normalized spacial score (nSPS) is 11.4. The first kappa shape index (κ1) is 38.0. The van der Waals surface area contributed by atoms with E-state index in [1.165, 1.54) is 43.9 Å². The number of benzene rings is 2. The minimum atomic E-state index is -4.47. The van der Waals surface area contributed by atoms with E-state index in [-0.39, 0.29) is 37.0 Å². The number of rotatable bonds is 25. The molecule has 2 rings (SSSR count). The summed E-state index contributed by atoms with van der Waals surface area (Å²) in [6, 6.07) is 11.1. The molecule has 0 heterocycles. The first-order chi connectivity index (χ1) is 21.8. The molecule has 1 N–H and O–H groups in total. The fraction of sp³-hybridized carbons (Fsp3) is 0.576. The number of hydrogen-bond donors (Lipinski definition) is 1. The van der Waals surface area contributed by atoms with Gasteiger partial charge in [-0.25, -0.2) is 4.79 Å². The maximum absolute atomic E-state index is 13.0. The summed E-state index contributed by atoms with van der Waals surface area (Å²) in [6.45, 7) is 5.09. The van der Waals surface area contributed by atoms with Crippen LogP contribution in [0.5, 0.6) is 0 Å². The minimum Gasteiger partial charge on any atom is -0.463 e. The number of anilines is 2. The summed E-state index contributed by atoms with van der Waals surface area (Å²) in [5.74, 6) is -0.808. The first-order valence-corrected chi connectivity index (χ1v) is 15.5. The van der Waals surface area contributed by atoms with Gasteiger partial charge in [0.1, 0.15) is 13.2 Å². The lowest BCUT2D eigenvalue weighted by Gasteiger charge is -2.13. The quantitative estimate of drug-likeness (QED) is 0.0910. The van der Waals surface area contributed by atoms with E-state index in [0.29, 0.717) is 58.4 Å². The molecule has 12 heteroatoms. The molecule has 252 valence electrons. The summed E-state index contributed by atoms with van der Waals surface area (Å²) in [4.78, 5) is 24.2. The van der Waals surface area contributed by atoms with E-state index in [4.69, 9.17) is 28.4 Å². The van der Waals surface area contributed by atoms with Crippen molar-refractivity contribution >= 4 is 23.3 Å². The number of hydrogen-bond acceptors (Lipinski definition) is 9. The molecule has 0 aliphatic carbocycles. The Kier molecular flexibility index (Phi) is 19.6. The van der Waals surface area contributed by atoms with Gasteiger partial charge < -0.3 is 33.7 Å². The molecule has 9 nitrogen and oxygen atoms in total. The van der Waals surface area contributed by atoms with Crippen molar-refractivity contribution in [3.63, 3.8) is 0 Å². The first-order valence-electron chi connectivity index (χ1n) is 15.5. The topological polar surface area (TPSA) is 102 Å². The second-order valence-corrected chi connectivity index (χ2v) is 10.1. The lowest BCUT2D eigenvalue weighted by Crippen LogP contribution is -2.15. The Morgan fingerprint density at radius 3 is 1.84 bits per heavy atom. The van der Waals surface area contributed by atoms with Crippen molar-refractivity contribution in [1.29, 1.82) is 0 Å². The van der Waals surface area contributed by atoms with E-state index >= 15 is 0 Å². The van der Waals surface area contributed by atoms with E-state index in [0.717, 1.165) is 25.0 Å². The summed E-state index contributed by atoms with van der Waals surface area (Å²) in [5.41, 5.74) is -0.0896. The molecule has 0 aliphatic rings. The van der Waals surface area contributed by atoms with Gasteiger partial charge in [0, 0.05) is 12.1 Å². The van der Waals surface area contributed by atoms with Crippen molar-refractivity contribution in [1.82, 2.24) is 0 Å². The summed E-state index contributed by atoms with van der Waals surface area (Å²) < 4.78 is 71.1. The number of alkyl halides is 3. The molecule has 0 saturated heterocycles. The largest absolute Gasteiger partial charge is 0.463 e. The van der Waals surface area contributed by atoms with Gasteiger partial charge in [-0.1, -0.05) is 57.2 Å². The molecule has 0 radical (unpaired) electrons. The zero-order valence-corrected chi connectivity index (χ0v) is 26.0. The van der Waals surface area contributed by atoms with Crippen LogP contribution in [0.25, 0.3) is 0 Å². The Morgan fingerprint density at radius 2 is 1.22 bits per heavy atom. The molecule has 2 aromatic rings. The highest BCUT2D eigenvalue weighted by atomic mass is 19.4. The van der Waals surface area contributed by atoms with Crippen LogP contribution in [0.4, 0.5) is 24.5 Å². The molecular weight excluding hydrogens is 595 g/mol. The molecule has 0 aliphatic heterocycles. The lowest BCUT2D eigenvalue weighted by molar-refractivity contribution is -0.145. The number of ether oxygens (including phenoxy) is 6. The zero-order chi connectivity index (χ0) is 32.6. The number of unbranched alkanes of at least 4 members (excludes halogenated alkanes) is 5. The van der Waals surface area contributed by atoms with Gasteiger partial charge in [-0.3, -0.25) is 4.79 Å².